The lowest BCUT2D eigenvalue weighted by atomic mass is 9.93. The number of likely N-dealkylation sites (tertiary alicyclic amines) is 1. The van der Waals surface area contributed by atoms with Crippen LogP contribution in [0.5, 0.6) is 0 Å². The van der Waals surface area contributed by atoms with Crippen molar-refractivity contribution in [1.29, 1.82) is 5.26 Å². The Morgan fingerprint density at radius 1 is 1.25 bits per heavy atom. The van der Waals surface area contributed by atoms with Crippen molar-refractivity contribution in [2.75, 3.05) is 32.8 Å². The number of nitriles is 1. The molecule has 0 aliphatic carbocycles. The second kappa shape index (κ2) is 4.33. The number of rotatable bonds is 2. The topological polar surface area (TPSA) is 45.5 Å². The molecule has 0 aromatic heterocycles. The first-order chi connectivity index (χ1) is 7.55. The third-order valence-corrected chi connectivity index (χ3v) is 3.35. The van der Waals surface area contributed by atoms with Gasteiger partial charge in [0.05, 0.1) is 24.7 Å². The molecule has 0 bridgehead atoms. The molecule has 0 saturated carbocycles. The minimum Gasteiger partial charge on any atom is -0.347 e. The zero-order chi connectivity index (χ0) is 11.6. The van der Waals surface area contributed by atoms with E-state index in [1.54, 1.807) is 0 Å². The Balaban J connectivity index is 1.84. The molecule has 90 valence electrons. The van der Waals surface area contributed by atoms with E-state index in [1.165, 1.54) is 0 Å². The molecule has 2 aliphatic heterocycles. The van der Waals surface area contributed by atoms with Crippen LogP contribution in [0.2, 0.25) is 0 Å². The molecule has 4 heteroatoms. The predicted molar refractivity (Wildman–Crippen MR) is 59.7 cm³/mol. The summed E-state index contributed by atoms with van der Waals surface area (Å²) in [6.07, 6.45) is 1.85. The lowest BCUT2D eigenvalue weighted by Crippen LogP contribution is -2.47. The highest BCUT2D eigenvalue weighted by molar-refractivity contribution is 4.95. The summed E-state index contributed by atoms with van der Waals surface area (Å²) < 4.78 is 11.3. The molecule has 2 saturated heterocycles. The van der Waals surface area contributed by atoms with Crippen molar-refractivity contribution >= 4 is 0 Å². The van der Waals surface area contributed by atoms with Crippen molar-refractivity contribution in [3.63, 3.8) is 0 Å². The molecular weight excluding hydrogens is 204 g/mol. The minimum absolute atomic E-state index is 0.262. The van der Waals surface area contributed by atoms with Crippen LogP contribution < -0.4 is 0 Å². The molecule has 0 aromatic rings. The van der Waals surface area contributed by atoms with Crippen LogP contribution in [-0.4, -0.2) is 43.5 Å². The smallest absolute Gasteiger partial charge is 0.170 e. The fraction of sp³-hybridized carbons (Fsp3) is 0.917. The Hall–Kier alpha value is -0.630. The number of hydrogen-bond acceptors (Lipinski definition) is 4. The number of hydrogen-bond donors (Lipinski definition) is 0. The van der Waals surface area contributed by atoms with Crippen molar-refractivity contribution < 1.29 is 9.47 Å². The predicted octanol–water partition coefficient (Wildman–Crippen LogP) is 1.38. The van der Waals surface area contributed by atoms with Crippen molar-refractivity contribution in [2.24, 2.45) is 5.41 Å². The van der Waals surface area contributed by atoms with Gasteiger partial charge in [0.15, 0.2) is 5.79 Å². The molecule has 16 heavy (non-hydrogen) atoms. The molecule has 4 nitrogen and oxygen atoms in total. The standard InChI is InChI=1S/C12H20N2O2/c1-11(2,9-13)10-14-5-3-12(4-6-14)15-7-8-16-12/h3-8,10H2,1-2H3. The highest BCUT2D eigenvalue weighted by Gasteiger charge is 2.40. The van der Waals surface area contributed by atoms with Gasteiger partial charge in [-0.1, -0.05) is 0 Å². The Bertz CT molecular complexity index is 280. The van der Waals surface area contributed by atoms with E-state index in [4.69, 9.17) is 14.7 Å². The highest BCUT2D eigenvalue weighted by Crippen LogP contribution is 2.32. The van der Waals surface area contributed by atoms with E-state index in [0.29, 0.717) is 0 Å². The summed E-state index contributed by atoms with van der Waals surface area (Å²) in [6.45, 7) is 8.18. The molecule has 0 unspecified atom stereocenters. The first-order valence-corrected chi connectivity index (χ1v) is 5.97. The molecule has 0 radical (unpaired) electrons. The van der Waals surface area contributed by atoms with Crippen LogP contribution in [0.25, 0.3) is 0 Å². The van der Waals surface area contributed by atoms with Crippen molar-refractivity contribution in [3.8, 4) is 6.07 Å². The van der Waals surface area contributed by atoms with Crippen LogP contribution in [0.15, 0.2) is 0 Å². The van der Waals surface area contributed by atoms with Crippen LogP contribution in [0.4, 0.5) is 0 Å². The van der Waals surface area contributed by atoms with E-state index in [-0.39, 0.29) is 11.2 Å². The number of nitrogens with zero attached hydrogens (tertiary/aromatic N) is 2. The normalized spacial score (nSPS) is 25.8. The molecular formula is C12H20N2O2. The Morgan fingerprint density at radius 2 is 1.81 bits per heavy atom. The maximum Gasteiger partial charge on any atom is 0.170 e. The average Bonchev–Trinajstić information content (AvgIpc) is 2.71. The number of piperidine rings is 1. The molecule has 0 amide bonds. The van der Waals surface area contributed by atoms with Gasteiger partial charge in [0.1, 0.15) is 0 Å². The maximum atomic E-state index is 9.00. The summed E-state index contributed by atoms with van der Waals surface area (Å²) in [6, 6.07) is 2.35. The summed E-state index contributed by atoms with van der Waals surface area (Å²) in [5.41, 5.74) is -0.262. The lowest BCUT2D eigenvalue weighted by molar-refractivity contribution is -0.186. The van der Waals surface area contributed by atoms with Crippen molar-refractivity contribution in [1.82, 2.24) is 4.90 Å². The van der Waals surface area contributed by atoms with E-state index >= 15 is 0 Å². The lowest BCUT2D eigenvalue weighted by Gasteiger charge is -2.39. The molecule has 2 aliphatic rings. The van der Waals surface area contributed by atoms with Gasteiger partial charge < -0.3 is 14.4 Å². The second-order valence-corrected chi connectivity index (χ2v) is 5.38. The van der Waals surface area contributed by atoms with Crippen molar-refractivity contribution in [2.45, 2.75) is 32.5 Å². The van der Waals surface area contributed by atoms with Gasteiger partial charge in [0, 0.05) is 32.5 Å². The monoisotopic (exact) mass is 224 g/mol. The fourth-order valence-electron chi connectivity index (χ4n) is 2.43. The van der Waals surface area contributed by atoms with Crippen LogP contribution in [0.3, 0.4) is 0 Å². The van der Waals surface area contributed by atoms with Crippen LogP contribution in [0, 0.1) is 16.7 Å². The third kappa shape index (κ3) is 2.54. The van der Waals surface area contributed by atoms with Gasteiger partial charge in [0.2, 0.25) is 0 Å². The van der Waals surface area contributed by atoms with E-state index in [1.807, 2.05) is 13.8 Å². The van der Waals surface area contributed by atoms with Crippen LogP contribution in [0.1, 0.15) is 26.7 Å². The summed E-state index contributed by atoms with van der Waals surface area (Å²) >= 11 is 0. The Morgan fingerprint density at radius 3 is 2.31 bits per heavy atom. The van der Waals surface area contributed by atoms with Crippen molar-refractivity contribution in [3.05, 3.63) is 0 Å². The molecule has 0 atom stereocenters. The van der Waals surface area contributed by atoms with Gasteiger partial charge in [-0.2, -0.15) is 5.26 Å². The summed E-state index contributed by atoms with van der Waals surface area (Å²) in [7, 11) is 0. The third-order valence-electron chi connectivity index (χ3n) is 3.35. The van der Waals surface area contributed by atoms with Crippen LogP contribution in [-0.2, 0) is 9.47 Å². The first kappa shape index (κ1) is 11.8. The average molecular weight is 224 g/mol. The zero-order valence-corrected chi connectivity index (χ0v) is 10.2. The van der Waals surface area contributed by atoms with Gasteiger partial charge in [0.25, 0.3) is 0 Å². The molecule has 2 heterocycles. The minimum atomic E-state index is -0.298. The molecule has 0 N–H and O–H groups in total. The largest absolute Gasteiger partial charge is 0.347 e. The van der Waals surface area contributed by atoms with E-state index in [2.05, 4.69) is 11.0 Å². The summed E-state index contributed by atoms with van der Waals surface area (Å²) in [4.78, 5) is 2.33. The van der Waals surface area contributed by atoms with Gasteiger partial charge >= 0.3 is 0 Å². The SMILES string of the molecule is CC(C)(C#N)CN1CCC2(CC1)OCCO2. The van der Waals surface area contributed by atoms with E-state index < -0.39 is 0 Å². The van der Waals surface area contributed by atoms with Gasteiger partial charge in [-0.25, -0.2) is 0 Å². The summed E-state index contributed by atoms with van der Waals surface area (Å²) in [5.74, 6) is -0.298. The maximum absolute atomic E-state index is 9.00. The van der Waals surface area contributed by atoms with E-state index in [9.17, 15) is 0 Å². The number of ether oxygens (including phenoxy) is 2. The Labute approximate surface area is 97.1 Å². The Kier molecular flexibility index (Phi) is 3.20. The van der Waals surface area contributed by atoms with E-state index in [0.717, 1.165) is 45.7 Å². The van der Waals surface area contributed by atoms with Gasteiger partial charge in [-0.05, 0) is 13.8 Å². The van der Waals surface area contributed by atoms with Gasteiger partial charge in [-0.15, -0.1) is 0 Å². The molecule has 2 fully saturated rings. The quantitative estimate of drug-likeness (QED) is 0.710. The first-order valence-electron chi connectivity index (χ1n) is 5.97. The molecule has 0 aromatic carbocycles. The molecule has 1 spiro atoms. The molecule has 2 rings (SSSR count). The highest BCUT2D eigenvalue weighted by atomic mass is 16.7. The fourth-order valence-corrected chi connectivity index (χ4v) is 2.43. The second-order valence-electron chi connectivity index (χ2n) is 5.38. The summed E-state index contributed by atoms with van der Waals surface area (Å²) in [5, 5.41) is 9.00. The van der Waals surface area contributed by atoms with Crippen LogP contribution >= 0.6 is 0 Å². The van der Waals surface area contributed by atoms with Gasteiger partial charge in [-0.3, -0.25) is 0 Å². The zero-order valence-electron chi connectivity index (χ0n) is 10.2.